The maximum absolute atomic E-state index is 12.8. The van der Waals surface area contributed by atoms with Gasteiger partial charge in [-0.3, -0.25) is 14.9 Å². The van der Waals surface area contributed by atoms with Gasteiger partial charge in [0.1, 0.15) is 0 Å². The summed E-state index contributed by atoms with van der Waals surface area (Å²) in [6.07, 6.45) is 1.72. The van der Waals surface area contributed by atoms with Crippen molar-refractivity contribution < 1.29 is 14.1 Å². The number of likely N-dealkylation sites (tertiary alicyclic amines) is 1. The molecule has 0 unspecified atom stereocenters. The van der Waals surface area contributed by atoms with Crippen LogP contribution in [0.1, 0.15) is 40.4 Å². The second kappa shape index (κ2) is 7.44. The van der Waals surface area contributed by atoms with Crippen molar-refractivity contribution in [1.29, 1.82) is 0 Å². The summed E-state index contributed by atoms with van der Waals surface area (Å²) in [5.74, 6) is 0.319. The molecule has 0 bridgehead atoms. The van der Waals surface area contributed by atoms with Crippen LogP contribution in [0.3, 0.4) is 0 Å². The van der Waals surface area contributed by atoms with Gasteiger partial charge in [-0.1, -0.05) is 36.4 Å². The summed E-state index contributed by atoms with van der Waals surface area (Å²) in [5.41, 5.74) is 8.11. The Bertz CT molecular complexity index is 1040. The highest BCUT2D eigenvalue weighted by Crippen LogP contribution is 2.32. The van der Waals surface area contributed by atoms with Gasteiger partial charge in [0.25, 0.3) is 5.91 Å². The minimum Gasteiger partial charge on any atom is -0.444 e. The molecule has 0 atom stereocenters. The van der Waals surface area contributed by atoms with Crippen LogP contribution in [-0.4, -0.2) is 28.8 Å². The van der Waals surface area contributed by atoms with Crippen LogP contribution in [0.25, 0.3) is 11.0 Å². The molecule has 2 aromatic carbocycles. The first kappa shape index (κ1) is 18.2. The molecule has 2 heterocycles. The molecule has 0 radical (unpaired) electrons. The number of amides is 1. The van der Waals surface area contributed by atoms with Crippen molar-refractivity contribution >= 4 is 22.6 Å². The smallest absolute Gasteiger partial charge is 0.312 e. The molecular weight excluding hydrogens is 358 g/mol. The van der Waals surface area contributed by atoms with E-state index in [0.29, 0.717) is 30.9 Å². The number of hydrogen-bond donors (Lipinski definition) is 1. The molecule has 7 heteroatoms. The fraction of sp³-hybridized carbons (Fsp3) is 0.286. The van der Waals surface area contributed by atoms with E-state index in [9.17, 15) is 14.9 Å². The number of rotatable bonds is 4. The summed E-state index contributed by atoms with van der Waals surface area (Å²) >= 11 is 0. The second-order valence-corrected chi connectivity index (χ2v) is 7.08. The Morgan fingerprint density at radius 3 is 2.64 bits per heavy atom. The molecule has 0 spiro atoms. The Hall–Kier alpha value is -3.19. The van der Waals surface area contributed by atoms with Crippen LogP contribution in [0.2, 0.25) is 0 Å². The van der Waals surface area contributed by atoms with Crippen LogP contribution < -0.4 is 5.73 Å². The first-order chi connectivity index (χ1) is 13.6. The minimum atomic E-state index is -0.499. The number of nitrogens with two attached hydrogens (primary N) is 1. The Balaban J connectivity index is 1.49. The SMILES string of the molecule is NCc1cccc(C2CCN(C(=O)c3cc4cccc([N+](=O)[O-])c4o3)CC2)c1. The number of furan rings is 1. The summed E-state index contributed by atoms with van der Waals surface area (Å²) in [6.45, 7) is 1.76. The predicted molar refractivity (Wildman–Crippen MR) is 105 cm³/mol. The van der Waals surface area contributed by atoms with Crippen molar-refractivity contribution in [1.82, 2.24) is 4.90 Å². The summed E-state index contributed by atoms with van der Waals surface area (Å²) in [5, 5.41) is 11.7. The number of non-ortho nitro benzene ring substituents is 1. The number of carbonyl (C=O) groups excluding carboxylic acids is 1. The zero-order valence-electron chi connectivity index (χ0n) is 15.3. The molecule has 1 fully saturated rings. The first-order valence-electron chi connectivity index (χ1n) is 9.32. The highest BCUT2D eigenvalue weighted by atomic mass is 16.6. The molecule has 1 aromatic heterocycles. The fourth-order valence-corrected chi connectivity index (χ4v) is 3.84. The number of benzene rings is 2. The van der Waals surface area contributed by atoms with Gasteiger partial charge < -0.3 is 15.1 Å². The van der Waals surface area contributed by atoms with Crippen LogP contribution in [-0.2, 0) is 6.54 Å². The van der Waals surface area contributed by atoms with E-state index in [4.69, 9.17) is 10.2 Å². The Kier molecular flexibility index (Phi) is 4.83. The highest BCUT2D eigenvalue weighted by molar-refractivity contribution is 5.98. The van der Waals surface area contributed by atoms with Gasteiger partial charge in [-0.25, -0.2) is 0 Å². The molecule has 4 rings (SSSR count). The molecule has 7 nitrogen and oxygen atoms in total. The van der Waals surface area contributed by atoms with Gasteiger partial charge in [-0.15, -0.1) is 0 Å². The van der Waals surface area contributed by atoms with Crippen LogP contribution in [0.5, 0.6) is 0 Å². The summed E-state index contributed by atoms with van der Waals surface area (Å²) < 4.78 is 5.57. The molecule has 1 amide bonds. The average molecular weight is 379 g/mol. The van der Waals surface area contributed by atoms with Crippen molar-refractivity contribution in [2.75, 3.05) is 13.1 Å². The van der Waals surface area contributed by atoms with E-state index in [2.05, 4.69) is 12.1 Å². The van der Waals surface area contributed by atoms with Crippen molar-refractivity contribution in [3.8, 4) is 0 Å². The molecule has 1 aliphatic heterocycles. The molecule has 3 aromatic rings. The van der Waals surface area contributed by atoms with E-state index in [1.54, 1.807) is 23.1 Å². The Labute approximate surface area is 161 Å². The lowest BCUT2D eigenvalue weighted by Gasteiger charge is -2.31. The molecule has 1 saturated heterocycles. The topological polar surface area (TPSA) is 103 Å². The lowest BCUT2D eigenvalue weighted by molar-refractivity contribution is -0.383. The van der Waals surface area contributed by atoms with Crippen LogP contribution >= 0.6 is 0 Å². The van der Waals surface area contributed by atoms with E-state index in [-0.39, 0.29) is 22.9 Å². The highest BCUT2D eigenvalue weighted by Gasteiger charge is 2.27. The predicted octanol–water partition coefficient (Wildman–Crippen LogP) is 3.82. The zero-order chi connectivity index (χ0) is 19.7. The standard InChI is InChI=1S/C21H21N3O4/c22-13-14-3-1-4-16(11-14)15-7-9-23(10-8-15)21(25)19-12-17-5-2-6-18(24(26)27)20(17)28-19/h1-6,11-12,15H,7-10,13,22H2. The Morgan fingerprint density at radius 2 is 1.93 bits per heavy atom. The lowest BCUT2D eigenvalue weighted by atomic mass is 9.88. The molecule has 28 heavy (non-hydrogen) atoms. The number of nitrogens with zero attached hydrogens (tertiary/aromatic N) is 2. The van der Waals surface area contributed by atoms with Gasteiger partial charge in [0.05, 0.1) is 4.92 Å². The van der Waals surface area contributed by atoms with Gasteiger partial charge in [-0.2, -0.15) is 0 Å². The van der Waals surface area contributed by atoms with E-state index in [0.717, 1.165) is 18.4 Å². The summed E-state index contributed by atoms with van der Waals surface area (Å²) in [6, 6.07) is 14.5. The van der Waals surface area contributed by atoms with Crippen molar-refractivity contribution in [2.45, 2.75) is 25.3 Å². The van der Waals surface area contributed by atoms with Crippen LogP contribution in [0.4, 0.5) is 5.69 Å². The maximum atomic E-state index is 12.8. The van der Waals surface area contributed by atoms with E-state index in [1.807, 2.05) is 12.1 Å². The van der Waals surface area contributed by atoms with E-state index >= 15 is 0 Å². The van der Waals surface area contributed by atoms with E-state index in [1.165, 1.54) is 11.6 Å². The fourth-order valence-electron chi connectivity index (χ4n) is 3.84. The number of carbonyl (C=O) groups is 1. The lowest BCUT2D eigenvalue weighted by Crippen LogP contribution is -2.37. The summed E-state index contributed by atoms with van der Waals surface area (Å²) in [7, 11) is 0. The molecule has 144 valence electrons. The third kappa shape index (κ3) is 3.36. The maximum Gasteiger partial charge on any atom is 0.312 e. The normalized spacial score (nSPS) is 15.1. The number of hydrogen-bond acceptors (Lipinski definition) is 5. The van der Waals surface area contributed by atoms with Crippen LogP contribution in [0, 0.1) is 10.1 Å². The largest absolute Gasteiger partial charge is 0.444 e. The number of fused-ring (bicyclic) bond motifs is 1. The molecule has 0 saturated carbocycles. The number of piperidine rings is 1. The number of nitro groups is 1. The van der Waals surface area contributed by atoms with Gasteiger partial charge in [-0.05, 0) is 36.0 Å². The average Bonchev–Trinajstić information content (AvgIpc) is 3.17. The third-order valence-corrected chi connectivity index (χ3v) is 5.37. The molecule has 0 aliphatic carbocycles. The zero-order valence-corrected chi connectivity index (χ0v) is 15.3. The van der Waals surface area contributed by atoms with Gasteiger partial charge in [0, 0.05) is 31.1 Å². The minimum absolute atomic E-state index is 0.130. The van der Waals surface area contributed by atoms with Gasteiger partial charge >= 0.3 is 5.69 Å². The quantitative estimate of drug-likeness (QED) is 0.548. The van der Waals surface area contributed by atoms with Gasteiger partial charge in [0.2, 0.25) is 5.58 Å². The van der Waals surface area contributed by atoms with Crippen molar-refractivity contribution in [3.63, 3.8) is 0 Å². The van der Waals surface area contributed by atoms with Gasteiger partial charge in [0.15, 0.2) is 5.76 Å². The second-order valence-electron chi connectivity index (χ2n) is 7.08. The first-order valence-corrected chi connectivity index (χ1v) is 9.32. The summed E-state index contributed by atoms with van der Waals surface area (Å²) in [4.78, 5) is 25.3. The number of para-hydroxylation sites is 1. The van der Waals surface area contributed by atoms with E-state index < -0.39 is 4.92 Å². The Morgan fingerprint density at radius 1 is 1.18 bits per heavy atom. The molecule has 2 N–H and O–H groups in total. The third-order valence-electron chi connectivity index (χ3n) is 5.37. The van der Waals surface area contributed by atoms with Crippen LogP contribution in [0.15, 0.2) is 52.9 Å². The van der Waals surface area contributed by atoms with Crippen molar-refractivity contribution in [3.05, 3.63) is 75.5 Å². The number of nitro benzene ring substituents is 1. The monoisotopic (exact) mass is 379 g/mol. The molecule has 1 aliphatic rings. The molecular formula is C21H21N3O4. The van der Waals surface area contributed by atoms with Crippen molar-refractivity contribution in [2.24, 2.45) is 5.73 Å².